The smallest absolute Gasteiger partial charge is 0.258 e. The van der Waals surface area contributed by atoms with Crippen LogP contribution in [-0.2, 0) is 9.59 Å². The van der Waals surface area contributed by atoms with Crippen LogP contribution in [0.25, 0.3) is 6.08 Å². The number of unbranched alkanes of at least 4 members (excludes halogenated alkanes) is 7. The van der Waals surface area contributed by atoms with Gasteiger partial charge in [0.25, 0.3) is 11.8 Å². The van der Waals surface area contributed by atoms with Gasteiger partial charge in [0.2, 0.25) is 0 Å². The number of benzene rings is 3. The van der Waals surface area contributed by atoms with Crippen LogP contribution < -0.4 is 14.4 Å². The molecule has 218 valence electrons. The van der Waals surface area contributed by atoms with E-state index in [2.05, 4.69) is 0 Å². The zero-order chi connectivity index (χ0) is 29.6. The fraction of sp³-hybridized carbons (Fsp3) is 0.286. The summed E-state index contributed by atoms with van der Waals surface area (Å²) < 4.78 is 24.6. The zero-order valence-corrected chi connectivity index (χ0v) is 23.7. The molecule has 0 saturated heterocycles. The lowest BCUT2D eigenvalue weighted by Crippen LogP contribution is -2.29. The second-order valence-corrected chi connectivity index (χ2v) is 10.1. The highest BCUT2D eigenvalue weighted by Crippen LogP contribution is 2.23. The maximum Gasteiger partial charge on any atom is 0.258 e. The molecule has 42 heavy (non-hydrogen) atoms. The third-order valence-electron chi connectivity index (χ3n) is 6.92. The average molecular weight is 570 g/mol. The van der Waals surface area contributed by atoms with Crippen LogP contribution in [0.1, 0.15) is 67.3 Å². The normalized spacial score (nSPS) is 12.8. The summed E-state index contributed by atoms with van der Waals surface area (Å²) in [6.45, 7) is 1.32. The van der Waals surface area contributed by atoms with Gasteiger partial charge in [-0.15, -0.1) is 0 Å². The van der Waals surface area contributed by atoms with Gasteiger partial charge in [0.15, 0.2) is 5.78 Å². The Balaban J connectivity index is 0.982. The summed E-state index contributed by atoms with van der Waals surface area (Å²) in [5.41, 5.74) is 1.90. The molecule has 3 aromatic rings. The van der Waals surface area contributed by atoms with E-state index in [0.29, 0.717) is 24.5 Å². The molecule has 2 amide bonds. The fourth-order valence-electron chi connectivity index (χ4n) is 4.55. The topological polar surface area (TPSA) is 72.9 Å². The SMILES string of the molecule is O=C(/C=C/c1ccc(OCCCCCCCCCCOc2ccc(N3C(=O)C=CC3=O)cc2)cc1)c1ccc(F)cc1. The van der Waals surface area contributed by atoms with Crippen molar-refractivity contribution < 1.29 is 28.2 Å². The Labute approximate surface area is 246 Å². The molecule has 0 fully saturated rings. The van der Waals surface area contributed by atoms with Gasteiger partial charge in [0.05, 0.1) is 18.9 Å². The van der Waals surface area contributed by atoms with Crippen LogP contribution in [0, 0.1) is 5.82 Å². The second kappa shape index (κ2) is 16.1. The van der Waals surface area contributed by atoms with Crippen molar-refractivity contribution in [2.24, 2.45) is 0 Å². The van der Waals surface area contributed by atoms with E-state index in [1.165, 1.54) is 68.2 Å². The van der Waals surface area contributed by atoms with Crippen molar-refractivity contribution in [1.29, 1.82) is 0 Å². The molecule has 6 nitrogen and oxygen atoms in total. The number of amides is 2. The zero-order valence-electron chi connectivity index (χ0n) is 23.7. The van der Waals surface area contributed by atoms with Crippen LogP contribution in [0.2, 0.25) is 0 Å². The molecule has 0 bridgehead atoms. The highest BCUT2D eigenvalue weighted by molar-refractivity contribution is 6.28. The van der Waals surface area contributed by atoms with Gasteiger partial charge in [-0.1, -0.05) is 56.7 Å². The van der Waals surface area contributed by atoms with E-state index in [1.54, 1.807) is 30.3 Å². The van der Waals surface area contributed by atoms with E-state index >= 15 is 0 Å². The van der Waals surface area contributed by atoms with E-state index in [1.807, 2.05) is 24.3 Å². The lowest BCUT2D eigenvalue weighted by Gasteiger charge is -2.14. The predicted octanol–water partition coefficient (Wildman–Crippen LogP) is 7.73. The molecular formula is C35H36FNO5. The van der Waals surface area contributed by atoms with E-state index < -0.39 is 0 Å². The summed E-state index contributed by atoms with van der Waals surface area (Å²) in [5.74, 6) is 0.366. The molecule has 0 aromatic heterocycles. The molecule has 3 aromatic carbocycles. The van der Waals surface area contributed by atoms with Gasteiger partial charge in [0, 0.05) is 17.7 Å². The summed E-state index contributed by atoms with van der Waals surface area (Å²) >= 11 is 0. The van der Waals surface area contributed by atoms with Gasteiger partial charge in [-0.25, -0.2) is 9.29 Å². The van der Waals surface area contributed by atoms with Gasteiger partial charge in [0.1, 0.15) is 17.3 Å². The molecule has 0 unspecified atom stereocenters. The van der Waals surface area contributed by atoms with E-state index in [4.69, 9.17) is 9.47 Å². The van der Waals surface area contributed by atoms with Crippen molar-refractivity contribution in [1.82, 2.24) is 0 Å². The Morgan fingerprint density at radius 3 is 1.64 bits per heavy atom. The number of halogens is 1. The van der Waals surface area contributed by atoms with Gasteiger partial charge < -0.3 is 9.47 Å². The molecule has 4 rings (SSSR count). The van der Waals surface area contributed by atoms with Crippen molar-refractivity contribution in [3.8, 4) is 11.5 Å². The Morgan fingerprint density at radius 2 is 1.12 bits per heavy atom. The predicted molar refractivity (Wildman–Crippen MR) is 162 cm³/mol. The lowest BCUT2D eigenvalue weighted by atomic mass is 10.1. The molecule has 0 radical (unpaired) electrons. The maximum absolute atomic E-state index is 13.0. The fourth-order valence-corrected chi connectivity index (χ4v) is 4.55. The van der Waals surface area contributed by atoms with Gasteiger partial charge in [-0.2, -0.15) is 0 Å². The van der Waals surface area contributed by atoms with Crippen LogP contribution in [0.3, 0.4) is 0 Å². The van der Waals surface area contributed by atoms with Crippen molar-refractivity contribution in [2.75, 3.05) is 18.1 Å². The Bertz CT molecular complexity index is 1360. The molecular weight excluding hydrogens is 533 g/mol. The minimum Gasteiger partial charge on any atom is -0.494 e. The largest absolute Gasteiger partial charge is 0.494 e. The number of allylic oxidation sites excluding steroid dienone is 1. The Hall–Kier alpha value is -4.52. The molecule has 0 atom stereocenters. The number of carbonyl (C=O) groups excluding carboxylic acids is 3. The first-order valence-corrected chi connectivity index (χ1v) is 14.5. The molecule has 1 heterocycles. The number of anilines is 1. The molecule has 0 spiro atoms. The quantitative estimate of drug-likeness (QED) is 0.0720. The molecule has 1 aliphatic heterocycles. The number of ketones is 1. The molecule has 1 aliphatic rings. The van der Waals surface area contributed by atoms with Crippen molar-refractivity contribution in [3.63, 3.8) is 0 Å². The Morgan fingerprint density at radius 1 is 0.643 bits per heavy atom. The summed E-state index contributed by atoms with van der Waals surface area (Å²) in [4.78, 5) is 36.8. The highest BCUT2D eigenvalue weighted by Gasteiger charge is 2.24. The molecule has 0 N–H and O–H groups in total. The first-order chi connectivity index (χ1) is 20.5. The number of imide groups is 1. The third kappa shape index (κ3) is 9.54. The standard InChI is InChI=1S/C35H36FNO5/c36-29-14-12-28(13-15-29)33(38)22-11-27-9-18-31(19-10-27)41-25-7-5-3-1-2-4-6-8-26-42-32-20-16-30(17-21-32)37-34(39)23-24-35(37)40/h9-24H,1-8,25-26H2/b22-11+. The van der Waals surface area contributed by atoms with Crippen LogP contribution >= 0.6 is 0 Å². The monoisotopic (exact) mass is 569 g/mol. The number of carbonyl (C=O) groups is 3. The first kappa shape index (κ1) is 30.4. The van der Waals surface area contributed by atoms with E-state index in [-0.39, 0.29) is 23.4 Å². The second-order valence-electron chi connectivity index (χ2n) is 10.1. The lowest BCUT2D eigenvalue weighted by molar-refractivity contribution is -0.119. The maximum atomic E-state index is 13.0. The van der Waals surface area contributed by atoms with Crippen LogP contribution in [0.15, 0.2) is 91.0 Å². The van der Waals surface area contributed by atoms with Crippen LogP contribution in [-0.4, -0.2) is 30.8 Å². The van der Waals surface area contributed by atoms with E-state index in [9.17, 15) is 18.8 Å². The van der Waals surface area contributed by atoms with Crippen molar-refractivity contribution >= 4 is 29.4 Å². The summed E-state index contributed by atoms with van der Waals surface area (Å²) in [6, 6.07) is 20.1. The molecule has 0 aliphatic carbocycles. The van der Waals surface area contributed by atoms with Crippen molar-refractivity contribution in [3.05, 3.63) is 108 Å². The number of hydrogen-bond donors (Lipinski definition) is 0. The Kier molecular flexibility index (Phi) is 11.6. The first-order valence-electron chi connectivity index (χ1n) is 14.5. The number of nitrogens with zero attached hydrogens (tertiary/aromatic N) is 1. The number of hydrogen-bond acceptors (Lipinski definition) is 5. The van der Waals surface area contributed by atoms with E-state index in [0.717, 1.165) is 47.6 Å². The van der Waals surface area contributed by atoms with Gasteiger partial charge in [-0.3, -0.25) is 14.4 Å². The third-order valence-corrected chi connectivity index (χ3v) is 6.92. The van der Waals surface area contributed by atoms with Gasteiger partial charge in [-0.05, 0) is 85.1 Å². The van der Waals surface area contributed by atoms with Crippen LogP contribution in [0.5, 0.6) is 11.5 Å². The summed E-state index contributed by atoms with van der Waals surface area (Å²) in [5, 5.41) is 0. The minimum absolute atomic E-state index is 0.167. The molecule has 7 heteroatoms. The van der Waals surface area contributed by atoms with Crippen molar-refractivity contribution in [2.45, 2.75) is 51.4 Å². The number of ether oxygens (including phenoxy) is 2. The summed E-state index contributed by atoms with van der Waals surface area (Å²) in [6.07, 6.45) is 14.8. The molecule has 0 saturated carbocycles. The highest BCUT2D eigenvalue weighted by atomic mass is 19.1. The minimum atomic E-state index is -0.362. The number of rotatable bonds is 17. The summed E-state index contributed by atoms with van der Waals surface area (Å²) in [7, 11) is 0. The van der Waals surface area contributed by atoms with Gasteiger partial charge >= 0.3 is 0 Å². The average Bonchev–Trinajstić information content (AvgIpc) is 3.35. The van der Waals surface area contributed by atoms with Crippen LogP contribution in [0.4, 0.5) is 10.1 Å².